The largest absolute Gasteiger partial charge is 0.478 e. The lowest BCUT2D eigenvalue weighted by Crippen LogP contribution is -2.39. The van der Waals surface area contributed by atoms with Crippen molar-refractivity contribution in [1.82, 2.24) is 19.1 Å². The van der Waals surface area contributed by atoms with E-state index in [0.717, 1.165) is 18.4 Å². The Balaban J connectivity index is 1.44. The maximum absolute atomic E-state index is 12.7. The molecule has 0 bridgehead atoms. The first-order chi connectivity index (χ1) is 12.1. The van der Waals surface area contributed by atoms with Gasteiger partial charge in [-0.05, 0) is 31.0 Å². The first-order valence-electron chi connectivity index (χ1n) is 8.25. The van der Waals surface area contributed by atoms with Crippen molar-refractivity contribution < 1.29 is 14.7 Å². The molecular formula is C18H18N4O3. The second kappa shape index (κ2) is 6.08. The summed E-state index contributed by atoms with van der Waals surface area (Å²) in [5.41, 5.74) is 1.88. The van der Waals surface area contributed by atoms with Crippen LogP contribution in [0.4, 0.5) is 0 Å². The average Bonchev–Trinajstić information content (AvgIpc) is 3.28. The van der Waals surface area contributed by atoms with E-state index in [0.29, 0.717) is 18.7 Å². The van der Waals surface area contributed by atoms with Gasteiger partial charge in [-0.1, -0.05) is 6.07 Å². The van der Waals surface area contributed by atoms with Gasteiger partial charge in [0.15, 0.2) is 0 Å². The number of carbonyl (C=O) groups excluding carboxylic acids is 1. The van der Waals surface area contributed by atoms with E-state index in [9.17, 15) is 9.59 Å². The fraction of sp³-hybridized carbons (Fsp3) is 0.278. The molecule has 25 heavy (non-hydrogen) atoms. The number of carboxylic acid groups (broad SMARTS) is 1. The number of fused-ring (bicyclic) bond motifs is 1. The molecule has 128 valence electrons. The Hall–Kier alpha value is -3.09. The molecule has 1 fully saturated rings. The molecule has 4 rings (SSSR count). The number of hydrogen-bond acceptors (Lipinski definition) is 3. The van der Waals surface area contributed by atoms with Crippen LogP contribution in [0.25, 0.3) is 5.52 Å². The number of aromatic nitrogens is 3. The zero-order chi connectivity index (χ0) is 17.4. The van der Waals surface area contributed by atoms with Gasteiger partial charge in [0, 0.05) is 37.2 Å². The second-order valence-corrected chi connectivity index (χ2v) is 6.30. The molecule has 0 saturated carbocycles. The highest BCUT2D eigenvalue weighted by Crippen LogP contribution is 2.24. The zero-order valence-electron chi connectivity index (χ0n) is 13.6. The van der Waals surface area contributed by atoms with Gasteiger partial charge in [-0.15, -0.1) is 0 Å². The van der Waals surface area contributed by atoms with E-state index < -0.39 is 5.97 Å². The lowest BCUT2D eigenvalue weighted by Gasteiger charge is -2.31. The van der Waals surface area contributed by atoms with Crippen molar-refractivity contribution in [3.63, 3.8) is 0 Å². The molecule has 3 aromatic heterocycles. The minimum atomic E-state index is -0.973. The average molecular weight is 338 g/mol. The highest BCUT2D eigenvalue weighted by atomic mass is 16.4. The minimum Gasteiger partial charge on any atom is -0.478 e. The fourth-order valence-electron chi connectivity index (χ4n) is 3.34. The highest BCUT2D eigenvalue weighted by Gasteiger charge is 2.26. The molecule has 0 aromatic carbocycles. The lowest BCUT2D eigenvalue weighted by molar-refractivity contribution is 0.0688. The van der Waals surface area contributed by atoms with Crippen LogP contribution in [0.2, 0.25) is 0 Å². The minimum absolute atomic E-state index is 0.0360. The van der Waals surface area contributed by atoms with Crippen molar-refractivity contribution in [2.24, 2.45) is 0 Å². The van der Waals surface area contributed by atoms with Crippen LogP contribution in [0.5, 0.6) is 0 Å². The van der Waals surface area contributed by atoms with E-state index in [1.165, 1.54) is 6.20 Å². The van der Waals surface area contributed by atoms with Gasteiger partial charge in [0.25, 0.3) is 5.91 Å². The third-order valence-corrected chi connectivity index (χ3v) is 4.73. The zero-order valence-corrected chi connectivity index (χ0v) is 13.6. The van der Waals surface area contributed by atoms with Crippen LogP contribution < -0.4 is 0 Å². The van der Waals surface area contributed by atoms with Crippen molar-refractivity contribution in [2.45, 2.75) is 18.9 Å². The molecule has 0 aliphatic carbocycles. The van der Waals surface area contributed by atoms with E-state index >= 15 is 0 Å². The Bertz CT molecular complexity index is 902. The van der Waals surface area contributed by atoms with Crippen LogP contribution in [-0.4, -0.2) is 49.2 Å². The number of likely N-dealkylation sites (tertiary alicyclic amines) is 1. The third kappa shape index (κ3) is 2.88. The van der Waals surface area contributed by atoms with Crippen LogP contribution >= 0.6 is 0 Å². The van der Waals surface area contributed by atoms with Gasteiger partial charge in [0.1, 0.15) is 0 Å². The fourth-order valence-corrected chi connectivity index (χ4v) is 3.34. The van der Waals surface area contributed by atoms with E-state index in [4.69, 9.17) is 5.11 Å². The summed E-state index contributed by atoms with van der Waals surface area (Å²) >= 11 is 0. The number of aromatic carboxylic acids is 1. The van der Waals surface area contributed by atoms with Gasteiger partial charge in [0.05, 0.1) is 23.4 Å². The van der Waals surface area contributed by atoms with Crippen LogP contribution in [0.1, 0.15) is 39.6 Å². The summed E-state index contributed by atoms with van der Waals surface area (Å²) in [7, 11) is 0. The van der Waals surface area contributed by atoms with Crippen LogP contribution in [-0.2, 0) is 0 Å². The van der Waals surface area contributed by atoms with Gasteiger partial charge in [-0.3, -0.25) is 9.48 Å². The molecular weight excluding hydrogens is 320 g/mol. The molecule has 1 amide bonds. The van der Waals surface area contributed by atoms with E-state index in [2.05, 4.69) is 5.10 Å². The molecule has 0 atom stereocenters. The lowest BCUT2D eigenvalue weighted by atomic mass is 10.0. The second-order valence-electron chi connectivity index (χ2n) is 6.30. The third-order valence-electron chi connectivity index (χ3n) is 4.73. The molecule has 1 N–H and O–H groups in total. The number of hydrogen-bond donors (Lipinski definition) is 1. The van der Waals surface area contributed by atoms with Gasteiger partial charge < -0.3 is 14.4 Å². The summed E-state index contributed by atoms with van der Waals surface area (Å²) in [6, 6.07) is 7.89. The number of carboxylic acids is 1. The maximum atomic E-state index is 12.7. The SMILES string of the molecule is O=C(O)c1cnn(C2CCN(C(=O)c3cc4ccccn4c3)CC2)c1. The highest BCUT2D eigenvalue weighted by molar-refractivity contribution is 5.95. The molecule has 7 nitrogen and oxygen atoms in total. The molecule has 1 aliphatic heterocycles. The Kier molecular flexibility index (Phi) is 3.76. The Morgan fingerprint density at radius 2 is 1.92 bits per heavy atom. The van der Waals surface area contributed by atoms with Crippen LogP contribution in [0, 0.1) is 0 Å². The number of pyridine rings is 1. The molecule has 0 unspecified atom stereocenters. The molecule has 1 aliphatic rings. The summed E-state index contributed by atoms with van der Waals surface area (Å²) < 4.78 is 3.65. The number of amides is 1. The number of nitrogens with zero attached hydrogens (tertiary/aromatic N) is 4. The van der Waals surface area contributed by atoms with E-state index in [1.807, 2.05) is 46.0 Å². The molecule has 0 radical (unpaired) electrons. The first-order valence-corrected chi connectivity index (χ1v) is 8.25. The smallest absolute Gasteiger partial charge is 0.338 e. The Labute approximate surface area is 144 Å². The van der Waals surface area contributed by atoms with Crippen LogP contribution in [0.15, 0.2) is 49.1 Å². The summed E-state index contributed by atoms with van der Waals surface area (Å²) in [5, 5.41) is 13.1. The normalized spacial score (nSPS) is 15.6. The van der Waals surface area contributed by atoms with E-state index in [1.54, 1.807) is 10.9 Å². The number of rotatable bonds is 3. The van der Waals surface area contributed by atoms with Gasteiger partial charge >= 0.3 is 5.97 Å². The number of piperidine rings is 1. The molecule has 3 aromatic rings. The van der Waals surface area contributed by atoms with Crippen molar-refractivity contribution >= 4 is 17.4 Å². The van der Waals surface area contributed by atoms with Gasteiger partial charge in [-0.25, -0.2) is 4.79 Å². The van der Waals surface area contributed by atoms with Gasteiger partial charge in [-0.2, -0.15) is 5.10 Å². The van der Waals surface area contributed by atoms with E-state index in [-0.39, 0.29) is 17.5 Å². The van der Waals surface area contributed by atoms with Crippen molar-refractivity contribution in [3.8, 4) is 0 Å². The quantitative estimate of drug-likeness (QED) is 0.795. The Morgan fingerprint density at radius 1 is 1.12 bits per heavy atom. The first kappa shape index (κ1) is 15.4. The van der Waals surface area contributed by atoms with Crippen molar-refractivity contribution in [2.75, 3.05) is 13.1 Å². The monoisotopic (exact) mass is 338 g/mol. The van der Waals surface area contributed by atoms with Crippen molar-refractivity contribution in [3.05, 3.63) is 60.2 Å². The van der Waals surface area contributed by atoms with Crippen molar-refractivity contribution in [1.29, 1.82) is 0 Å². The summed E-state index contributed by atoms with van der Waals surface area (Å²) in [6.45, 7) is 1.27. The molecule has 0 spiro atoms. The van der Waals surface area contributed by atoms with Crippen LogP contribution in [0.3, 0.4) is 0 Å². The Morgan fingerprint density at radius 3 is 2.60 bits per heavy atom. The summed E-state index contributed by atoms with van der Waals surface area (Å²) in [4.78, 5) is 25.5. The maximum Gasteiger partial charge on any atom is 0.338 e. The predicted octanol–water partition coefficient (Wildman–Crippen LogP) is 2.31. The summed E-state index contributed by atoms with van der Waals surface area (Å²) in [5.74, 6) is -0.937. The van der Waals surface area contributed by atoms with Gasteiger partial charge in [0.2, 0.25) is 0 Å². The molecule has 1 saturated heterocycles. The topological polar surface area (TPSA) is 79.8 Å². The number of carbonyl (C=O) groups is 2. The standard InChI is InChI=1S/C18H18N4O3/c23-17(13-9-16-3-1-2-6-21(16)11-13)20-7-4-15(5-8-20)22-12-14(10-19-22)18(24)25/h1-3,6,9-12,15H,4-5,7-8H2,(H,24,25). The molecule has 4 heterocycles. The summed E-state index contributed by atoms with van der Waals surface area (Å²) in [6.07, 6.45) is 8.24. The predicted molar refractivity (Wildman–Crippen MR) is 90.8 cm³/mol. The molecule has 7 heteroatoms.